The van der Waals surface area contributed by atoms with Crippen molar-refractivity contribution in [3.05, 3.63) is 29.3 Å². The summed E-state index contributed by atoms with van der Waals surface area (Å²) < 4.78 is 5.42. The Morgan fingerprint density at radius 2 is 2.06 bits per heavy atom. The van der Waals surface area contributed by atoms with E-state index in [2.05, 4.69) is 30.4 Å². The van der Waals surface area contributed by atoms with Crippen LogP contribution in [0.1, 0.15) is 43.7 Å². The Labute approximate surface area is 104 Å². The van der Waals surface area contributed by atoms with Crippen LogP contribution in [0.3, 0.4) is 0 Å². The first-order chi connectivity index (χ1) is 8.33. The van der Waals surface area contributed by atoms with Gasteiger partial charge in [-0.2, -0.15) is 0 Å². The molecule has 1 aromatic rings. The van der Waals surface area contributed by atoms with Crippen LogP contribution >= 0.6 is 0 Å². The van der Waals surface area contributed by atoms with E-state index in [0.717, 1.165) is 18.7 Å². The number of benzene rings is 1. The molecule has 2 rings (SSSR count). The van der Waals surface area contributed by atoms with Crippen molar-refractivity contribution in [2.24, 2.45) is 0 Å². The highest BCUT2D eigenvalue weighted by Crippen LogP contribution is 2.22. The van der Waals surface area contributed by atoms with Gasteiger partial charge in [-0.1, -0.05) is 31.9 Å². The molecule has 0 saturated heterocycles. The molecule has 1 saturated carbocycles. The first-order valence-corrected chi connectivity index (χ1v) is 6.72. The van der Waals surface area contributed by atoms with Crippen LogP contribution in [0.5, 0.6) is 5.75 Å². The van der Waals surface area contributed by atoms with Gasteiger partial charge in [-0.15, -0.1) is 0 Å². The van der Waals surface area contributed by atoms with Gasteiger partial charge in [-0.25, -0.2) is 0 Å². The quantitative estimate of drug-likeness (QED) is 0.842. The van der Waals surface area contributed by atoms with Crippen LogP contribution in [0.25, 0.3) is 0 Å². The molecule has 1 aromatic carbocycles. The Morgan fingerprint density at radius 1 is 1.29 bits per heavy atom. The molecule has 94 valence electrons. The van der Waals surface area contributed by atoms with Crippen LogP contribution in [0.4, 0.5) is 0 Å². The molecule has 1 aliphatic rings. The predicted octanol–water partition coefficient (Wildman–Crippen LogP) is 3.29. The average molecular weight is 233 g/mol. The molecule has 0 amide bonds. The third kappa shape index (κ3) is 3.22. The summed E-state index contributed by atoms with van der Waals surface area (Å²) in [5, 5.41) is 3.64. The van der Waals surface area contributed by atoms with Gasteiger partial charge in [0.1, 0.15) is 5.75 Å². The Hall–Kier alpha value is -1.02. The van der Waals surface area contributed by atoms with Crippen LogP contribution in [0.15, 0.2) is 18.2 Å². The third-order valence-electron chi connectivity index (χ3n) is 3.69. The zero-order valence-electron chi connectivity index (χ0n) is 11.0. The molecule has 1 aliphatic carbocycles. The molecule has 1 fully saturated rings. The minimum absolute atomic E-state index is 0.713. The van der Waals surface area contributed by atoms with E-state index in [-0.39, 0.29) is 0 Å². The Balaban J connectivity index is 2.01. The lowest BCUT2D eigenvalue weighted by atomic mass is 10.1. The van der Waals surface area contributed by atoms with Gasteiger partial charge in [0.05, 0.1) is 7.11 Å². The van der Waals surface area contributed by atoms with E-state index >= 15 is 0 Å². The summed E-state index contributed by atoms with van der Waals surface area (Å²) in [7, 11) is 1.75. The van der Waals surface area contributed by atoms with Gasteiger partial charge in [0.15, 0.2) is 0 Å². The normalized spacial score (nSPS) is 16.4. The molecule has 17 heavy (non-hydrogen) atoms. The summed E-state index contributed by atoms with van der Waals surface area (Å²) in [5.74, 6) is 1.01. The van der Waals surface area contributed by atoms with Gasteiger partial charge in [0, 0.05) is 18.2 Å². The number of ether oxygens (including phenoxy) is 1. The molecular formula is C15H23NO. The molecule has 0 aromatic heterocycles. The molecule has 1 N–H and O–H groups in total. The molecular weight excluding hydrogens is 210 g/mol. The smallest absolute Gasteiger partial charge is 0.123 e. The van der Waals surface area contributed by atoms with Gasteiger partial charge in [0.2, 0.25) is 0 Å². The topological polar surface area (TPSA) is 21.3 Å². The van der Waals surface area contributed by atoms with Crippen LogP contribution in [-0.4, -0.2) is 13.2 Å². The molecule has 0 aliphatic heterocycles. The van der Waals surface area contributed by atoms with Gasteiger partial charge in [-0.05, 0) is 30.9 Å². The summed E-state index contributed by atoms with van der Waals surface area (Å²) in [5.41, 5.74) is 2.67. The van der Waals surface area contributed by atoms with Gasteiger partial charge in [0.25, 0.3) is 0 Å². The summed E-state index contributed by atoms with van der Waals surface area (Å²) in [6.45, 7) is 3.12. The lowest BCUT2D eigenvalue weighted by molar-refractivity contribution is 0.404. The highest BCUT2D eigenvalue weighted by Gasteiger charge is 2.14. The maximum absolute atomic E-state index is 5.42. The Bertz CT molecular complexity index is 356. The maximum Gasteiger partial charge on any atom is 0.123 e. The van der Waals surface area contributed by atoms with Crippen LogP contribution in [-0.2, 0) is 13.0 Å². The van der Waals surface area contributed by atoms with Crippen molar-refractivity contribution in [1.82, 2.24) is 5.32 Å². The van der Waals surface area contributed by atoms with E-state index in [4.69, 9.17) is 4.74 Å². The number of rotatable bonds is 5. The second-order valence-electron chi connectivity index (χ2n) is 4.86. The zero-order valence-corrected chi connectivity index (χ0v) is 11.0. The number of hydrogen-bond acceptors (Lipinski definition) is 2. The monoisotopic (exact) mass is 233 g/mol. The second-order valence-corrected chi connectivity index (χ2v) is 4.86. The van der Waals surface area contributed by atoms with Crippen molar-refractivity contribution in [1.29, 1.82) is 0 Å². The summed E-state index contributed by atoms with van der Waals surface area (Å²) in [6, 6.07) is 7.22. The van der Waals surface area contributed by atoms with Crippen LogP contribution < -0.4 is 10.1 Å². The highest BCUT2D eigenvalue weighted by atomic mass is 16.5. The molecule has 2 heteroatoms. The fourth-order valence-corrected chi connectivity index (χ4v) is 2.57. The molecule has 0 atom stereocenters. The number of nitrogens with one attached hydrogen (secondary N) is 1. The van der Waals surface area contributed by atoms with Crippen LogP contribution in [0, 0.1) is 0 Å². The van der Waals surface area contributed by atoms with Crippen molar-refractivity contribution in [3.63, 3.8) is 0 Å². The third-order valence-corrected chi connectivity index (χ3v) is 3.69. The second kappa shape index (κ2) is 6.06. The first-order valence-electron chi connectivity index (χ1n) is 6.72. The molecule has 0 radical (unpaired) electrons. The van der Waals surface area contributed by atoms with Crippen molar-refractivity contribution in [2.45, 2.75) is 51.6 Å². The van der Waals surface area contributed by atoms with Gasteiger partial charge >= 0.3 is 0 Å². The largest absolute Gasteiger partial charge is 0.496 e. The average Bonchev–Trinajstić information content (AvgIpc) is 2.89. The number of aryl methyl sites for hydroxylation is 1. The fraction of sp³-hybridized carbons (Fsp3) is 0.600. The van der Waals surface area contributed by atoms with Gasteiger partial charge < -0.3 is 10.1 Å². The van der Waals surface area contributed by atoms with E-state index in [1.165, 1.54) is 36.8 Å². The van der Waals surface area contributed by atoms with E-state index in [9.17, 15) is 0 Å². The fourth-order valence-electron chi connectivity index (χ4n) is 2.57. The minimum Gasteiger partial charge on any atom is -0.496 e. The predicted molar refractivity (Wildman–Crippen MR) is 71.5 cm³/mol. The van der Waals surface area contributed by atoms with E-state index in [1.807, 2.05) is 0 Å². The van der Waals surface area contributed by atoms with Gasteiger partial charge in [-0.3, -0.25) is 0 Å². The van der Waals surface area contributed by atoms with Crippen molar-refractivity contribution >= 4 is 0 Å². The highest BCUT2D eigenvalue weighted by molar-refractivity contribution is 5.37. The standard InChI is InChI=1S/C15H23NO/c1-3-12-8-9-15(17-2)13(10-12)11-16-14-6-4-5-7-14/h8-10,14,16H,3-7,11H2,1-2H3. The zero-order chi connectivity index (χ0) is 12.1. The van der Waals surface area contributed by atoms with E-state index in [0.29, 0.717) is 6.04 Å². The Kier molecular flexibility index (Phi) is 4.43. The molecule has 0 bridgehead atoms. The lowest BCUT2D eigenvalue weighted by Crippen LogP contribution is -2.25. The summed E-state index contributed by atoms with van der Waals surface area (Å²) in [4.78, 5) is 0. The van der Waals surface area contributed by atoms with Crippen molar-refractivity contribution in [3.8, 4) is 5.75 Å². The van der Waals surface area contributed by atoms with E-state index in [1.54, 1.807) is 7.11 Å². The van der Waals surface area contributed by atoms with Crippen molar-refractivity contribution in [2.75, 3.05) is 7.11 Å². The number of hydrogen-bond donors (Lipinski definition) is 1. The Morgan fingerprint density at radius 3 is 2.71 bits per heavy atom. The summed E-state index contributed by atoms with van der Waals surface area (Å²) in [6.07, 6.45) is 6.50. The maximum atomic E-state index is 5.42. The molecule has 0 spiro atoms. The molecule has 0 unspecified atom stereocenters. The van der Waals surface area contributed by atoms with E-state index < -0.39 is 0 Å². The molecule has 2 nitrogen and oxygen atoms in total. The summed E-state index contributed by atoms with van der Waals surface area (Å²) >= 11 is 0. The van der Waals surface area contributed by atoms with Crippen molar-refractivity contribution < 1.29 is 4.74 Å². The lowest BCUT2D eigenvalue weighted by Gasteiger charge is -2.15. The SMILES string of the molecule is CCc1ccc(OC)c(CNC2CCCC2)c1. The molecule has 0 heterocycles. The number of methoxy groups -OCH3 is 1. The van der Waals surface area contributed by atoms with Crippen LogP contribution in [0.2, 0.25) is 0 Å². The first kappa shape index (κ1) is 12.4. The minimum atomic E-state index is 0.713.